The molecular weight excluding hydrogens is 360 g/mol. The van der Waals surface area contributed by atoms with Gasteiger partial charge in [0.2, 0.25) is 0 Å². The summed E-state index contributed by atoms with van der Waals surface area (Å²) in [6.45, 7) is 4.41. The normalized spacial score (nSPS) is 18.6. The molecule has 2 aliphatic rings. The molecule has 5 heterocycles. The van der Waals surface area contributed by atoms with E-state index in [0.717, 1.165) is 54.3 Å². The van der Waals surface area contributed by atoms with Gasteiger partial charge in [-0.05, 0) is 49.4 Å². The van der Waals surface area contributed by atoms with Crippen LogP contribution in [-0.4, -0.2) is 46.1 Å². The molecule has 0 aromatic carbocycles. The lowest BCUT2D eigenvalue weighted by atomic mass is 9.78. The minimum atomic E-state index is 0. The summed E-state index contributed by atoms with van der Waals surface area (Å²) in [5, 5.41) is 4.62. The van der Waals surface area contributed by atoms with Crippen molar-refractivity contribution in [2.24, 2.45) is 5.41 Å². The Balaban J connectivity index is 0.00000180. The van der Waals surface area contributed by atoms with E-state index in [1.54, 1.807) is 6.20 Å². The fourth-order valence-corrected chi connectivity index (χ4v) is 4.24. The third kappa shape index (κ3) is 3.35. The molecule has 7 heteroatoms. The second-order valence-corrected chi connectivity index (χ2v) is 7.42. The molecular formula is C20H23ClN6. The quantitative estimate of drug-likeness (QED) is 0.734. The molecule has 1 spiro atoms. The van der Waals surface area contributed by atoms with Gasteiger partial charge in [0.05, 0.1) is 11.7 Å². The van der Waals surface area contributed by atoms with E-state index in [0.29, 0.717) is 5.41 Å². The molecule has 3 aromatic rings. The second kappa shape index (κ2) is 7.37. The summed E-state index contributed by atoms with van der Waals surface area (Å²) >= 11 is 0. The van der Waals surface area contributed by atoms with Gasteiger partial charge >= 0.3 is 0 Å². The van der Waals surface area contributed by atoms with Crippen LogP contribution >= 0.6 is 12.4 Å². The molecule has 2 saturated heterocycles. The Bertz CT molecular complexity index is 916. The van der Waals surface area contributed by atoms with Crippen LogP contribution in [0.1, 0.15) is 19.3 Å². The number of hydrogen-bond donors (Lipinski definition) is 1. The summed E-state index contributed by atoms with van der Waals surface area (Å²) in [6.07, 6.45) is 11.0. The first-order valence-electron chi connectivity index (χ1n) is 9.31. The number of pyridine rings is 2. The van der Waals surface area contributed by atoms with Gasteiger partial charge < -0.3 is 10.2 Å². The fourth-order valence-electron chi connectivity index (χ4n) is 4.24. The first-order valence-corrected chi connectivity index (χ1v) is 9.31. The summed E-state index contributed by atoms with van der Waals surface area (Å²) in [5.74, 6) is 1.74. The van der Waals surface area contributed by atoms with Gasteiger partial charge in [-0.3, -0.25) is 9.97 Å². The van der Waals surface area contributed by atoms with Crippen molar-refractivity contribution in [1.29, 1.82) is 0 Å². The van der Waals surface area contributed by atoms with Gasteiger partial charge in [0.15, 0.2) is 5.82 Å². The van der Waals surface area contributed by atoms with Gasteiger partial charge in [0, 0.05) is 49.2 Å². The molecule has 0 radical (unpaired) electrons. The van der Waals surface area contributed by atoms with Crippen molar-refractivity contribution in [3.63, 3.8) is 0 Å². The molecule has 2 fully saturated rings. The highest BCUT2D eigenvalue weighted by molar-refractivity contribution is 5.90. The van der Waals surface area contributed by atoms with Gasteiger partial charge in [-0.1, -0.05) is 0 Å². The monoisotopic (exact) mass is 382 g/mol. The Morgan fingerprint density at radius 2 is 1.81 bits per heavy atom. The molecule has 0 bridgehead atoms. The van der Waals surface area contributed by atoms with Gasteiger partial charge in [0.1, 0.15) is 5.82 Å². The second-order valence-electron chi connectivity index (χ2n) is 7.42. The Hall–Kier alpha value is -2.31. The van der Waals surface area contributed by atoms with Crippen molar-refractivity contribution in [2.45, 2.75) is 19.3 Å². The van der Waals surface area contributed by atoms with E-state index >= 15 is 0 Å². The van der Waals surface area contributed by atoms with Crippen LogP contribution in [0.5, 0.6) is 0 Å². The molecule has 5 rings (SSSR count). The first kappa shape index (κ1) is 18.1. The third-order valence-electron chi connectivity index (χ3n) is 5.85. The maximum absolute atomic E-state index is 4.94. The molecule has 0 amide bonds. The van der Waals surface area contributed by atoms with Crippen LogP contribution < -0.4 is 10.2 Å². The average molecular weight is 383 g/mol. The number of halogens is 1. The van der Waals surface area contributed by atoms with Crippen LogP contribution in [0, 0.1) is 5.41 Å². The molecule has 1 N–H and O–H groups in total. The number of nitrogens with one attached hydrogen (secondary N) is 1. The molecule has 0 atom stereocenters. The van der Waals surface area contributed by atoms with Crippen LogP contribution in [0.3, 0.4) is 0 Å². The molecule has 3 aromatic heterocycles. The predicted octanol–water partition coefficient (Wildman–Crippen LogP) is 3.09. The lowest BCUT2D eigenvalue weighted by molar-refractivity contribution is 0.247. The molecule has 0 aliphatic carbocycles. The molecule has 0 unspecified atom stereocenters. The zero-order valence-corrected chi connectivity index (χ0v) is 16.0. The summed E-state index contributed by atoms with van der Waals surface area (Å²) in [6, 6.07) is 5.95. The number of piperidine rings is 1. The van der Waals surface area contributed by atoms with Crippen LogP contribution in [0.2, 0.25) is 0 Å². The highest BCUT2D eigenvalue weighted by Gasteiger charge is 2.37. The van der Waals surface area contributed by atoms with Crippen molar-refractivity contribution in [3.05, 3.63) is 43.0 Å². The maximum atomic E-state index is 4.94. The topological polar surface area (TPSA) is 66.8 Å². The summed E-state index contributed by atoms with van der Waals surface area (Å²) in [5.41, 5.74) is 2.32. The highest BCUT2D eigenvalue weighted by atomic mass is 35.5. The van der Waals surface area contributed by atoms with E-state index in [1.807, 2.05) is 36.8 Å². The molecule has 0 saturated carbocycles. The summed E-state index contributed by atoms with van der Waals surface area (Å²) < 4.78 is 0. The Morgan fingerprint density at radius 3 is 2.56 bits per heavy atom. The molecule has 140 valence electrons. The van der Waals surface area contributed by atoms with Crippen LogP contribution in [0.15, 0.2) is 43.0 Å². The SMILES string of the molecule is Cl.c1cncc(-c2nc(N3CCC4(CCNC4)CC3)c3ccncc3n2)c1. The van der Waals surface area contributed by atoms with Crippen molar-refractivity contribution in [1.82, 2.24) is 25.3 Å². The number of aromatic nitrogens is 4. The van der Waals surface area contributed by atoms with Crippen LogP contribution in [0.4, 0.5) is 5.82 Å². The molecule has 6 nitrogen and oxygen atoms in total. The molecule has 2 aliphatic heterocycles. The Morgan fingerprint density at radius 1 is 0.963 bits per heavy atom. The van der Waals surface area contributed by atoms with Crippen LogP contribution in [0.25, 0.3) is 22.3 Å². The first-order chi connectivity index (χ1) is 12.8. The van der Waals surface area contributed by atoms with Gasteiger partial charge in [0.25, 0.3) is 0 Å². The highest BCUT2D eigenvalue weighted by Crippen LogP contribution is 2.39. The standard InChI is InChI=1S/C20H22N6.ClH/c1-2-15(12-21-7-1)18-24-17-13-22-8-3-16(17)19(25-18)26-10-5-20(6-11-26)4-9-23-14-20;/h1-3,7-8,12-13,23H,4-6,9-11,14H2;1H. The number of fused-ring (bicyclic) bond motifs is 1. The lowest BCUT2D eigenvalue weighted by Crippen LogP contribution is -2.41. The lowest BCUT2D eigenvalue weighted by Gasteiger charge is -2.39. The van der Waals surface area contributed by atoms with E-state index < -0.39 is 0 Å². The zero-order valence-electron chi connectivity index (χ0n) is 15.1. The van der Waals surface area contributed by atoms with Crippen molar-refractivity contribution in [3.8, 4) is 11.4 Å². The van der Waals surface area contributed by atoms with E-state index in [4.69, 9.17) is 9.97 Å². The van der Waals surface area contributed by atoms with E-state index in [2.05, 4.69) is 20.2 Å². The average Bonchev–Trinajstić information content (AvgIpc) is 3.16. The van der Waals surface area contributed by atoms with E-state index in [9.17, 15) is 0 Å². The van der Waals surface area contributed by atoms with Gasteiger partial charge in [-0.15, -0.1) is 12.4 Å². The van der Waals surface area contributed by atoms with E-state index in [-0.39, 0.29) is 12.4 Å². The van der Waals surface area contributed by atoms with E-state index in [1.165, 1.54) is 19.3 Å². The smallest absolute Gasteiger partial charge is 0.163 e. The zero-order chi connectivity index (χ0) is 17.4. The predicted molar refractivity (Wildman–Crippen MR) is 109 cm³/mol. The number of rotatable bonds is 2. The maximum Gasteiger partial charge on any atom is 0.163 e. The number of hydrogen-bond acceptors (Lipinski definition) is 6. The largest absolute Gasteiger partial charge is 0.356 e. The fraction of sp³-hybridized carbons (Fsp3) is 0.400. The molecule has 27 heavy (non-hydrogen) atoms. The third-order valence-corrected chi connectivity index (χ3v) is 5.85. The van der Waals surface area contributed by atoms with Gasteiger partial charge in [-0.2, -0.15) is 0 Å². The summed E-state index contributed by atoms with van der Waals surface area (Å²) in [7, 11) is 0. The number of anilines is 1. The van der Waals surface area contributed by atoms with Crippen LogP contribution in [-0.2, 0) is 0 Å². The van der Waals surface area contributed by atoms with Crippen molar-refractivity contribution >= 4 is 29.1 Å². The van der Waals surface area contributed by atoms with Crippen molar-refractivity contribution in [2.75, 3.05) is 31.1 Å². The van der Waals surface area contributed by atoms with Gasteiger partial charge in [-0.25, -0.2) is 9.97 Å². The minimum Gasteiger partial charge on any atom is -0.356 e. The van der Waals surface area contributed by atoms with Crippen molar-refractivity contribution < 1.29 is 0 Å². The minimum absolute atomic E-state index is 0. The Labute approximate surface area is 164 Å². The number of nitrogens with zero attached hydrogens (tertiary/aromatic N) is 5. The summed E-state index contributed by atoms with van der Waals surface area (Å²) in [4.78, 5) is 20.6. The Kier molecular flexibility index (Phi) is 4.93.